The van der Waals surface area contributed by atoms with Gasteiger partial charge in [0.1, 0.15) is 18.2 Å². The highest BCUT2D eigenvalue weighted by atomic mass is 35.5. The SMILES string of the molecule is O=S1(=O)CC[C@H](NCCOc2cc(F)ccc2Cl)c2ccccc21. The number of nitrogens with one attached hydrogen (secondary N) is 1. The summed E-state index contributed by atoms with van der Waals surface area (Å²) in [6, 6.07) is 10.9. The Labute approximate surface area is 145 Å². The van der Waals surface area contributed by atoms with Crippen molar-refractivity contribution in [3.05, 3.63) is 58.9 Å². The van der Waals surface area contributed by atoms with Crippen LogP contribution in [0.4, 0.5) is 4.39 Å². The molecule has 0 spiro atoms. The number of benzene rings is 2. The Hall–Kier alpha value is -1.63. The Morgan fingerprint density at radius 3 is 2.88 bits per heavy atom. The molecule has 128 valence electrons. The molecule has 1 aliphatic rings. The minimum Gasteiger partial charge on any atom is -0.491 e. The van der Waals surface area contributed by atoms with E-state index in [4.69, 9.17) is 16.3 Å². The minimum absolute atomic E-state index is 0.0451. The molecule has 0 bridgehead atoms. The lowest BCUT2D eigenvalue weighted by Gasteiger charge is -2.26. The Morgan fingerprint density at radius 1 is 1.25 bits per heavy atom. The molecule has 1 atom stereocenters. The average Bonchev–Trinajstić information content (AvgIpc) is 2.56. The molecule has 0 unspecified atom stereocenters. The summed E-state index contributed by atoms with van der Waals surface area (Å²) < 4.78 is 42.9. The van der Waals surface area contributed by atoms with E-state index in [2.05, 4.69) is 5.32 Å². The fraction of sp³-hybridized carbons (Fsp3) is 0.294. The van der Waals surface area contributed by atoms with Crippen molar-refractivity contribution in [2.75, 3.05) is 18.9 Å². The fourth-order valence-electron chi connectivity index (χ4n) is 2.78. The molecule has 7 heteroatoms. The standard InChI is InChI=1S/C17H17ClFNO3S/c18-14-6-5-12(19)11-16(14)23-9-8-20-15-7-10-24(21,22)17-4-2-1-3-13(15)17/h1-6,11,15,20H,7-10H2/t15-/m0/s1. The predicted molar refractivity (Wildman–Crippen MR) is 90.8 cm³/mol. The Morgan fingerprint density at radius 2 is 2.04 bits per heavy atom. The molecule has 3 rings (SSSR count). The zero-order valence-electron chi connectivity index (χ0n) is 12.8. The Bertz CT molecular complexity index is 841. The van der Waals surface area contributed by atoms with Crippen molar-refractivity contribution in [3.63, 3.8) is 0 Å². The first kappa shape index (κ1) is 17.2. The highest BCUT2D eigenvalue weighted by Gasteiger charge is 2.29. The van der Waals surface area contributed by atoms with Crippen LogP contribution in [0.5, 0.6) is 5.75 Å². The van der Waals surface area contributed by atoms with Crippen LogP contribution in [-0.4, -0.2) is 27.3 Å². The van der Waals surface area contributed by atoms with Gasteiger partial charge in [-0.2, -0.15) is 0 Å². The monoisotopic (exact) mass is 369 g/mol. The number of rotatable bonds is 5. The van der Waals surface area contributed by atoms with Crippen LogP contribution >= 0.6 is 11.6 Å². The van der Waals surface area contributed by atoms with Crippen LogP contribution in [0, 0.1) is 5.82 Å². The molecular weight excluding hydrogens is 353 g/mol. The van der Waals surface area contributed by atoms with Crippen molar-refractivity contribution in [2.24, 2.45) is 0 Å². The largest absolute Gasteiger partial charge is 0.491 e. The molecule has 0 saturated carbocycles. The van der Waals surface area contributed by atoms with Gasteiger partial charge in [0.05, 0.1) is 15.7 Å². The van der Waals surface area contributed by atoms with Crippen molar-refractivity contribution in [1.82, 2.24) is 5.32 Å². The number of fused-ring (bicyclic) bond motifs is 1. The van der Waals surface area contributed by atoms with Crippen LogP contribution in [0.25, 0.3) is 0 Å². The zero-order chi connectivity index (χ0) is 17.2. The van der Waals surface area contributed by atoms with E-state index >= 15 is 0 Å². The number of hydrogen-bond acceptors (Lipinski definition) is 4. The maximum Gasteiger partial charge on any atom is 0.178 e. The van der Waals surface area contributed by atoms with E-state index in [9.17, 15) is 12.8 Å². The van der Waals surface area contributed by atoms with Crippen LogP contribution < -0.4 is 10.1 Å². The quantitative estimate of drug-likeness (QED) is 0.821. The molecule has 2 aromatic carbocycles. The second-order valence-electron chi connectivity index (χ2n) is 5.58. The third kappa shape index (κ3) is 3.71. The second kappa shape index (κ2) is 7.09. The highest BCUT2D eigenvalue weighted by Crippen LogP contribution is 2.31. The number of sulfone groups is 1. The normalized spacial score (nSPS) is 18.8. The highest BCUT2D eigenvalue weighted by molar-refractivity contribution is 7.91. The molecule has 0 fully saturated rings. The average molecular weight is 370 g/mol. The fourth-order valence-corrected chi connectivity index (χ4v) is 4.58. The van der Waals surface area contributed by atoms with E-state index in [1.165, 1.54) is 18.2 Å². The summed E-state index contributed by atoms with van der Waals surface area (Å²) in [4.78, 5) is 0.392. The lowest BCUT2D eigenvalue weighted by atomic mass is 10.0. The molecule has 0 aliphatic carbocycles. The van der Waals surface area contributed by atoms with Gasteiger partial charge in [0.25, 0.3) is 0 Å². The first-order chi connectivity index (χ1) is 11.5. The zero-order valence-corrected chi connectivity index (χ0v) is 14.4. The van der Waals surface area contributed by atoms with Crippen LogP contribution in [-0.2, 0) is 9.84 Å². The van der Waals surface area contributed by atoms with Crippen LogP contribution in [0.15, 0.2) is 47.4 Å². The summed E-state index contributed by atoms with van der Waals surface area (Å²) >= 11 is 5.94. The summed E-state index contributed by atoms with van der Waals surface area (Å²) in [6.45, 7) is 0.792. The summed E-state index contributed by atoms with van der Waals surface area (Å²) in [5, 5.41) is 3.65. The first-order valence-corrected chi connectivity index (χ1v) is 9.63. The van der Waals surface area contributed by atoms with Gasteiger partial charge in [0.15, 0.2) is 9.84 Å². The van der Waals surface area contributed by atoms with Crippen molar-refractivity contribution in [1.29, 1.82) is 0 Å². The number of halogens is 2. The predicted octanol–water partition coefficient (Wildman–Crippen LogP) is 3.37. The maximum absolute atomic E-state index is 13.2. The van der Waals surface area contributed by atoms with Gasteiger partial charge in [-0.15, -0.1) is 0 Å². The molecule has 4 nitrogen and oxygen atoms in total. The van der Waals surface area contributed by atoms with E-state index in [-0.39, 0.29) is 11.8 Å². The molecular formula is C17H17ClFNO3S. The topological polar surface area (TPSA) is 55.4 Å². The molecule has 2 aromatic rings. The molecule has 0 saturated heterocycles. The van der Waals surface area contributed by atoms with Crippen molar-refractivity contribution in [2.45, 2.75) is 17.4 Å². The molecule has 1 N–H and O–H groups in total. The molecule has 0 radical (unpaired) electrons. The third-order valence-electron chi connectivity index (χ3n) is 3.95. The number of hydrogen-bond donors (Lipinski definition) is 1. The van der Waals surface area contributed by atoms with E-state index in [1.807, 2.05) is 12.1 Å². The van der Waals surface area contributed by atoms with E-state index in [0.717, 1.165) is 5.56 Å². The lowest BCUT2D eigenvalue weighted by molar-refractivity contribution is 0.302. The summed E-state index contributed by atoms with van der Waals surface area (Å²) in [7, 11) is -3.19. The van der Waals surface area contributed by atoms with Gasteiger partial charge in [-0.25, -0.2) is 12.8 Å². The first-order valence-electron chi connectivity index (χ1n) is 7.60. The van der Waals surface area contributed by atoms with Gasteiger partial charge in [0, 0.05) is 18.7 Å². The van der Waals surface area contributed by atoms with Gasteiger partial charge in [-0.1, -0.05) is 29.8 Å². The van der Waals surface area contributed by atoms with E-state index < -0.39 is 15.7 Å². The van der Waals surface area contributed by atoms with Crippen molar-refractivity contribution < 1.29 is 17.5 Å². The molecule has 0 amide bonds. The third-order valence-corrected chi connectivity index (χ3v) is 6.08. The summed E-state index contributed by atoms with van der Waals surface area (Å²) in [5.41, 5.74) is 0.785. The van der Waals surface area contributed by atoms with Crippen LogP contribution in [0.2, 0.25) is 5.02 Å². The smallest absolute Gasteiger partial charge is 0.178 e. The van der Waals surface area contributed by atoms with Crippen molar-refractivity contribution in [3.8, 4) is 5.75 Å². The molecule has 1 aliphatic heterocycles. The van der Waals surface area contributed by atoms with Gasteiger partial charge in [-0.3, -0.25) is 0 Å². The van der Waals surface area contributed by atoms with Gasteiger partial charge in [0.2, 0.25) is 0 Å². The van der Waals surface area contributed by atoms with Gasteiger partial charge >= 0.3 is 0 Å². The van der Waals surface area contributed by atoms with Crippen molar-refractivity contribution >= 4 is 21.4 Å². The van der Waals surface area contributed by atoms with Crippen LogP contribution in [0.1, 0.15) is 18.0 Å². The van der Waals surface area contributed by atoms with Crippen LogP contribution in [0.3, 0.4) is 0 Å². The van der Waals surface area contributed by atoms with E-state index in [0.29, 0.717) is 35.2 Å². The second-order valence-corrected chi connectivity index (χ2v) is 8.06. The van der Waals surface area contributed by atoms with Gasteiger partial charge in [-0.05, 0) is 30.2 Å². The molecule has 24 heavy (non-hydrogen) atoms. The van der Waals surface area contributed by atoms with E-state index in [1.54, 1.807) is 12.1 Å². The number of ether oxygens (including phenoxy) is 1. The molecule has 0 aromatic heterocycles. The minimum atomic E-state index is -3.19. The Kier molecular flexibility index (Phi) is 5.08. The van der Waals surface area contributed by atoms with Gasteiger partial charge < -0.3 is 10.1 Å². The lowest BCUT2D eigenvalue weighted by Crippen LogP contribution is -2.32. The Balaban J connectivity index is 1.61. The summed E-state index contributed by atoms with van der Waals surface area (Å²) in [6.07, 6.45) is 0.514. The summed E-state index contributed by atoms with van der Waals surface area (Å²) in [5.74, 6) is 0.0111. The molecule has 1 heterocycles. The maximum atomic E-state index is 13.2.